The van der Waals surface area contributed by atoms with Gasteiger partial charge >= 0.3 is 0 Å². The van der Waals surface area contributed by atoms with E-state index in [1.54, 1.807) is 24.3 Å². The first-order chi connectivity index (χ1) is 13.0. The number of fused-ring (bicyclic) bond motifs is 5. The van der Waals surface area contributed by atoms with Crippen LogP contribution in [-0.2, 0) is 9.59 Å². The average Bonchev–Trinajstić information content (AvgIpc) is 3.28. The fraction of sp³-hybridized carbons (Fsp3) is 0.391. The summed E-state index contributed by atoms with van der Waals surface area (Å²) in [6.07, 6.45) is 2.01. The Balaban J connectivity index is 1.51. The van der Waals surface area contributed by atoms with Gasteiger partial charge in [-0.25, -0.2) is 4.90 Å². The number of benzene rings is 2. The highest BCUT2D eigenvalue weighted by molar-refractivity contribution is 6.31. The molecular formula is C23H22ClNO2. The van der Waals surface area contributed by atoms with Gasteiger partial charge in [0, 0.05) is 5.02 Å². The van der Waals surface area contributed by atoms with E-state index in [9.17, 15) is 9.59 Å². The van der Waals surface area contributed by atoms with Gasteiger partial charge < -0.3 is 0 Å². The van der Waals surface area contributed by atoms with Crippen molar-refractivity contribution in [3.8, 4) is 0 Å². The van der Waals surface area contributed by atoms with E-state index >= 15 is 0 Å². The molecule has 2 bridgehead atoms. The Kier molecular flexibility index (Phi) is 3.74. The maximum absolute atomic E-state index is 13.3. The predicted octanol–water partition coefficient (Wildman–Crippen LogP) is 4.89. The summed E-state index contributed by atoms with van der Waals surface area (Å²) in [5.41, 5.74) is 4.51. The monoisotopic (exact) mass is 379 g/mol. The van der Waals surface area contributed by atoms with Gasteiger partial charge in [-0.05, 0) is 73.8 Å². The van der Waals surface area contributed by atoms with E-state index < -0.39 is 0 Å². The average molecular weight is 380 g/mol. The number of aryl methyl sites for hydroxylation is 2. The number of rotatable bonds is 2. The van der Waals surface area contributed by atoms with Crippen LogP contribution in [0.4, 0.5) is 5.69 Å². The Morgan fingerprint density at radius 3 is 2.52 bits per heavy atom. The number of carbonyl (C=O) groups excluding carboxylic acids is 2. The molecule has 2 saturated carbocycles. The van der Waals surface area contributed by atoms with E-state index in [0.29, 0.717) is 22.5 Å². The molecule has 0 radical (unpaired) electrons. The molecule has 0 aromatic heterocycles. The number of imide groups is 1. The van der Waals surface area contributed by atoms with Crippen molar-refractivity contribution in [2.24, 2.45) is 23.7 Å². The molecule has 5 atom stereocenters. The molecule has 0 spiro atoms. The van der Waals surface area contributed by atoms with Crippen LogP contribution in [-0.4, -0.2) is 11.8 Å². The zero-order chi connectivity index (χ0) is 18.9. The molecule has 2 amide bonds. The first kappa shape index (κ1) is 17.0. The Labute approximate surface area is 164 Å². The number of hydrogen-bond acceptors (Lipinski definition) is 2. The van der Waals surface area contributed by atoms with Crippen LogP contribution in [0.25, 0.3) is 0 Å². The molecule has 3 nitrogen and oxygen atoms in total. The van der Waals surface area contributed by atoms with Crippen LogP contribution in [0.3, 0.4) is 0 Å². The van der Waals surface area contributed by atoms with Crippen LogP contribution in [0, 0.1) is 37.5 Å². The highest BCUT2D eigenvalue weighted by Gasteiger charge is 2.64. The highest BCUT2D eigenvalue weighted by atomic mass is 35.5. The fourth-order valence-electron chi connectivity index (χ4n) is 5.85. The van der Waals surface area contributed by atoms with Crippen LogP contribution in [0.5, 0.6) is 0 Å². The Hall–Kier alpha value is -2.13. The maximum atomic E-state index is 13.3. The molecular weight excluding hydrogens is 358 g/mol. The summed E-state index contributed by atoms with van der Waals surface area (Å²) in [4.78, 5) is 27.8. The molecule has 138 valence electrons. The quantitative estimate of drug-likeness (QED) is 0.697. The summed E-state index contributed by atoms with van der Waals surface area (Å²) in [7, 11) is 0. The van der Waals surface area contributed by atoms with Gasteiger partial charge in [-0.15, -0.1) is 0 Å². The van der Waals surface area contributed by atoms with Crippen LogP contribution < -0.4 is 4.90 Å². The standard InChI is InChI=1S/C23H22ClNO2/c1-12-6-7-13(2)17(8-12)18-9-14-10-19(18)21-20(14)22(26)25(23(21)27)16-5-3-4-15(24)11-16/h3-8,11,14,18-21H,9-10H2,1-2H3/t14-,18-,19+,20-,21+/m0/s1. The van der Waals surface area contributed by atoms with Crippen LogP contribution in [0.1, 0.15) is 35.4 Å². The molecule has 1 aliphatic heterocycles. The molecule has 27 heavy (non-hydrogen) atoms. The highest BCUT2D eigenvalue weighted by Crippen LogP contribution is 2.62. The number of hydrogen-bond donors (Lipinski definition) is 0. The summed E-state index contributed by atoms with van der Waals surface area (Å²) in [5.74, 6) is 0.566. The topological polar surface area (TPSA) is 37.4 Å². The van der Waals surface area contributed by atoms with Gasteiger partial charge in [0.05, 0.1) is 17.5 Å². The van der Waals surface area contributed by atoms with Crippen molar-refractivity contribution in [2.75, 3.05) is 4.90 Å². The Bertz CT molecular complexity index is 969. The molecule has 3 fully saturated rings. The smallest absolute Gasteiger partial charge is 0.237 e. The molecule has 4 heteroatoms. The van der Waals surface area contributed by atoms with E-state index in [1.165, 1.54) is 21.6 Å². The fourth-order valence-corrected chi connectivity index (χ4v) is 6.03. The molecule has 1 saturated heterocycles. The lowest BCUT2D eigenvalue weighted by Gasteiger charge is -2.30. The van der Waals surface area contributed by atoms with Crippen molar-refractivity contribution in [1.82, 2.24) is 0 Å². The van der Waals surface area contributed by atoms with Gasteiger partial charge in [-0.3, -0.25) is 9.59 Å². The van der Waals surface area contributed by atoms with Gasteiger partial charge in [-0.1, -0.05) is 41.4 Å². The van der Waals surface area contributed by atoms with Gasteiger partial charge in [0.1, 0.15) is 0 Å². The molecule has 0 unspecified atom stereocenters. The zero-order valence-electron chi connectivity index (χ0n) is 15.5. The molecule has 2 aromatic rings. The number of carbonyl (C=O) groups is 2. The van der Waals surface area contributed by atoms with Gasteiger partial charge in [0.25, 0.3) is 0 Å². The van der Waals surface area contributed by atoms with Crippen LogP contribution in [0.2, 0.25) is 5.02 Å². The second kappa shape index (κ2) is 5.93. The van der Waals surface area contributed by atoms with Crippen LogP contribution in [0.15, 0.2) is 42.5 Å². The van der Waals surface area contributed by atoms with Gasteiger partial charge in [-0.2, -0.15) is 0 Å². The second-order valence-electron chi connectivity index (χ2n) is 8.41. The minimum Gasteiger partial charge on any atom is -0.274 e. The predicted molar refractivity (Wildman–Crippen MR) is 106 cm³/mol. The number of halogens is 1. The lowest BCUT2D eigenvalue weighted by Crippen LogP contribution is -2.33. The lowest BCUT2D eigenvalue weighted by molar-refractivity contribution is -0.123. The molecule has 3 aliphatic rings. The third kappa shape index (κ3) is 2.41. The summed E-state index contributed by atoms with van der Waals surface area (Å²) >= 11 is 6.10. The van der Waals surface area contributed by atoms with E-state index in [-0.39, 0.29) is 29.6 Å². The summed E-state index contributed by atoms with van der Waals surface area (Å²) in [5, 5.41) is 0.543. The van der Waals surface area contributed by atoms with Gasteiger partial charge in [0.2, 0.25) is 11.8 Å². The van der Waals surface area contributed by atoms with Crippen LogP contribution >= 0.6 is 11.6 Å². The third-order valence-corrected chi connectivity index (χ3v) is 7.15. The zero-order valence-corrected chi connectivity index (χ0v) is 16.2. The van der Waals surface area contributed by atoms with Crippen molar-refractivity contribution in [3.63, 3.8) is 0 Å². The first-order valence-corrected chi connectivity index (χ1v) is 10.0. The molecule has 2 aliphatic carbocycles. The van der Waals surface area contributed by atoms with E-state index in [4.69, 9.17) is 11.6 Å². The number of amides is 2. The first-order valence-electron chi connectivity index (χ1n) is 9.66. The number of nitrogens with zero attached hydrogens (tertiary/aromatic N) is 1. The molecule has 5 rings (SSSR count). The second-order valence-corrected chi connectivity index (χ2v) is 8.84. The molecule has 2 aromatic carbocycles. The van der Waals surface area contributed by atoms with Crippen molar-refractivity contribution < 1.29 is 9.59 Å². The largest absolute Gasteiger partial charge is 0.274 e. The molecule has 1 heterocycles. The van der Waals surface area contributed by atoms with Crippen molar-refractivity contribution >= 4 is 29.1 Å². The minimum absolute atomic E-state index is 0.0285. The number of anilines is 1. The SMILES string of the molecule is Cc1ccc(C)c([C@@H]2C[C@H]3C[C@H]2[C@H]2C(=O)N(c4cccc(Cl)c4)C(=O)[C@@H]32)c1. The Morgan fingerprint density at radius 2 is 1.74 bits per heavy atom. The lowest BCUT2D eigenvalue weighted by atomic mass is 9.72. The van der Waals surface area contributed by atoms with Gasteiger partial charge in [0.15, 0.2) is 0 Å². The normalized spacial score (nSPS) is 31.7. The third-order valence-electron chi connectivity index (χ3n) is 6.92. The Morgan fingerprint density at radius 1 is 0.963 bits per heavy atom. The molecule has 0 N–H and O–H groups in total. The summed E-state index contributed by atoms with van der Waals surface area (Å²) < 4.78 is 0. The van der Waals surface area contributed by atoms with E-state index in [2.05, 4.69) is 32.0 Å². The van der Waals surface area contributed by atoms with Crippen molar-refractivity contribution in [1.29, 1.82) is 0 Å². The van der Waals surface area contributed by atoms with E-state index in [1.807, 2.05) is 0 Å². The minimum atomic E-state index is -0.180. The summed E-state index contributed by atoms with van der Waals surface area (Å²) in [6.45, 7) is 4.27. The maximum Gasteiger partial charge on any atom is 0.237 e. The summed E-state index contributed by atoms with van der Waals surface area (Å²) in [6, 6.07) is 13.6. The van der Waals surface area contributed by atoms with Crippen molar-refractivity contribution in [3.05, 3.63) is 64.2 Å². The van der Waals surface area contributed by atoms with E-state index in [0.717, 1.165) is 12.8 Å². The van der Waals surface area contributed by atoms with Crippen molar-refractivity contribution in [2.45, 2.75) is 32.6 Å².